The lowest BCUT2D eigenvalue weighted by Crippen LogP contribution is -2.48. The number of H-pyrrole nitrogens is 1. The average molecular weight is 371 g/mol. The third-order valence-corrected chi connectivity index (χ3v) is 4.85. The predicted octanol–water partition coefficient (Wildman–Crippen LogP) is 2.01. The molecule has 3 heterocycles. The number of nitrogens with zero attached hydrogens (tertiary/aromatic N) is 3. The van der Waals surface area contributed by atoms with Gasteiger partial charge in [-0.15, -0.1) is 0 Å². The van der Waals surface area contributed by atoms with E-state index >= 15 is 0 Å². The van der Waals surface area contributed by atoms with Crippen LogP contribution in [0, 0.1) is 12.8 Å². The number of aryl methyl sites for hydroxylation is 2. The molecule has 27 heavy (non-hydrogen) atoms. The van der Waals surface area contributed by atoms with Crippen LogP contribution in [0.2, 0.25) is 0 Å². The Morgan fingerprint density at radius 3 is 2.81 bits per heavy atom. The molecular formula is C20H29N5O2. The second-order valence-corrected chi connectivity index (χ2v) is 7.88. The molecule has 7 nitrogen and oxygen atoms in total. The molecule has 7 heteroatoms. The van der Waals surface area contributed by atoms with Gasteiger partial charge in [-0.2, -0.15) is 5.10 Å². The first-order valence-corrected chi connectivity index (χ1v) is 9.61. The van der Waals surface area contributed by atoms with Gasteiger partial charge in [0.15, 0.2) is 0 Å². The van der Waals surface area contributed by atoms with Crippen LogP contribution in [0.3, 0.4) is 0 Å². The monoisotopic (exact) mass is 371 g/mol. The van der Waals surface area contributed by atoms with E-state index in [0.29, 0.717) is 11.5 Å². The fraction of sp³-hybridized carbons (Fsp3) is 0.550. The van der Waals surface area contributed by atoms with Crippen LogP contribution < -0.4 is 15.8 Å². The summed E-state index contributed by atoms with van der Waals surface area (Å²) >= 11 is 0. The molecule has 0 spiro atoms. The summed E-state index contributed by atoms with van der Waals surface area (Å²) in [5.41, 5.74) is 2.00. The van der Waals surface area contributed by atoms with Gasteiger partial charge in [0.2, 0.25) is 5.56 Å². The van der Waals surface area contributed by atoms with Gasteiger partial charge in [0.05, 0.1) is 5.69 Å². The highest BCUT2D eigenvalue weighted by Crippen LogP contribution is 2.20. The number of anilines is 1. The third kappa shape index (κ3) is 4.78. The highest BCUT2D eigenvalue weighted by atomic mass is 16.2. The second-order valence-electron chi connectivity index (χ2n) is 7.88. The Balaban J connectivity index is 1.69. The largest absolute Gasteiger partial charge is 0.355 e. The van der Waals surface area contributed by atoms with Gasteiger partial charge in [0.25, 0.3) is 5.91 Å². The number of carbonyl (C=O) groups is 1. The molecule has 2 N–H and O–H groups in total. The number of amides is 1. The first-order chi connectivity index (χ1) is 12.8. The van der Waals surface area contributed by atoms with E-state index in [4.69, 9.17) is 0 Å². The molecule has 146 valence electrons. The summed E-state index contributed by atoms with van der Waals surface area (Å²) in [5, 5.41) is 7.52. The number of piperidine rings is 1. The van der Waals surface area contributed by atoms with E-state index in [2.05, 4.69) is 40.2 Å². The first kappa shape index (κ1) is 19.2. The number of pyridine rings is 1. The van der Waals surface area contributed by atoms with E-state index in [0.717, 1.165) is 49.6 Å². The molecule has 0 aliphatic carbocycles. The Morgan fingerprint density at radius 2 is 2.15 bits per heavy atom. The Labute approximate surface area is 159 Å². The molecule has 1 unspecified atom stereocenters. The molecule has 1 aliphatic rings. The van der Waals surface area contributed by atoms with Gasteiger partial charge in [-0.25, -0.2) is 0 Å². The number of hydrogen-bond acceptors (Lipinski definition) is 4. The van der Waals surface area contributed by atoms with Crippen molar-refractivity contribution in [3.63, 3.8) is 0 Å². The van der Waals surface area contributed by atoms with Gasteiger partial charge in [-0.3, -0.25) is 14.3 Å². The van der Waals surface area contributed by atoms with Crippen molar-refractivity contribution >= 4 is 11.7 Å². The van der Waals surface area contributed by atoms with Crippen LogP contribution in [0.5, 0.6) is 0 Å². The maximum Gasteiger partial charge on any atom is 0.251 e. The Hall–Kier alpha value is -2.57. The molecule has 1 saturated heterocycles. The summed E-state index contributed by atoms with van der Waals surface area (Å²) in [4.78, 5) is 29.7. The van der Waals surface area contributed by atoms with Crippen molar-refractivity contribution in [2.24, 2.45) is 13.0 Å². The summed E-state index contributed by atoms with van der Waals surface area (Å²) in [7, 11) is 1.94. The van der Waals surface area contributed by atoms with Crippen molar-refractivity contribution in [2.45, 2.75) is 46.1 Å². The van der Waals surface area contributed by atoms with Crippen LogP contribution in [-0.2, 0) is 13.5 Å². The number of aromatic nitrogens is 3. The lowest BCUT2D eigenvalue weighted by Gasteiger charge is -2.34. The summed E-state index contributed by atoms with van der Waals surface area (Å²) < 4.78 is 1.88. The zero-order valence-corrected chi connectivity index (χ0v) is 16.6. The fourth-order valence-corrected chi connectivity index (χ4v) is 3.75. The van der Waals surface area contributed by atoms with Crippen molar-refractivity contribution in [3.05, 3.63) is 45.5 Å². The normalized spacial score (nSPS) is 17.4. The van der Waals surface area contributed by atoms with E-state index in [1.807, 2.05) is 18.7 Å². The van der Waals surface area contributed by atoms with Crippen molar-refractivity contribution in [3.8, 4) is 0 Å². The molecule has 2 aromatic rings. The molecule has 0 bridgehead atoms. The molecule has 0 saturated carbocycles. The topological polar surface area (TPSA) is 83.0 Å². The van der Waals surface area contributed by atoms with E-state index in [1.165, 1.54) is 6.07 Å². The minimum Gasteiger partial charge on any atom is -0.355 e. The molecule has 0 aromatic carbocycles. The van der Waals surface area contributed by atoms with Crippen LogP contribution in [0.25, 0.3) is 0 Å². The van der Waals surface area contributed by atoms with Crippen LogP contribution in [0.1, 0.15) is 48.4 Å². The predicted molar refractivity (Wildman–Crippen MR) is 106 cm³/mol. The lowest BCUT2D eigenvalue weighted by atomic mass is 10.0. The highest BCUT2D eigenvalue weighted by Gasteiger charge is 2.24. The molecule has 3 rings (SSSR count). The highest BCUT2D eigenvalue weighted by molar-refractivity contribution is 5.94. The van der Waals surface area contributed by atoms with Crippen molar-refractivity contribution in [1.82, 2.24) is 20.1 Å². The molecule has 1 aliphatic heterocycles. The van der Waals surface area contributed by atoms with Crippen LogP contribution in [0.15, 0.2) is 23.0 Å². The third-order valence-electron chi connectivity index (χ3n) is 4.85. The molecule has 0 radical (unpaired) electrons. The van der Waals surface area contributed by atoms with E-state index in [-0.39, 0.29) is 17.5 Å². The second kappa shape index (κ2) is 7.98. The molecular weight excluding hydrogens is 342 g/mol. The summed E-state index contributed by atoms with van der Waals surface area (Å²) in [6.45, 7) is 7.85. The Kier molecular flexibility index (Phi) is 5.68. The number of hydrogen-bond donors (Lipinski definition) is 2. The standard InChI is InChI=1S/C20H29N5O2/c1-13(2)8-17-10-15(11-18(26)21-17)20(27)22-16-6-5-7-25(12-16)19-9-14(3)23-24(19)4/h9-11,13,16H,5-8,12H2,1-4H3,(H,21,26)(H,22,27). The Morgan fingerprint density at radius 1 is 1.37 bits per heavy atom. The maximum absolute atomic E-state index is 12.7. The molecule has 1 amide bonds. The molecule has 2 aromatic heterocycles. The SMILES string of the molecule is Cc1cc(N2CCCC(NC(=O)c3cc(CC(C)C)[nH]c(=O)c3)C2)n(C)n1. The number of nitrogens with one attached hydrogen (secondary N) is 2. The van der Waals surface area contributed by atoms with Gasteiger partial charge >= 0.3 is 0 Å². The van der Waals surface area contributed by atoms with Gasteiger partial charge in [-0.1, -0.05) is 13.8 Å². The van der Waals surface area contributed by atoms with Crippen LogP contribution in [0.4, 0.5) is 5.82 Å². The van der Waals surface area contributed by atoms with Crippen LogP contribution >= 0.6 is 0 Å². The van der Waals surface area contributed by atoms with E-state index in [9.17, 15) is 9.59 Å². The maximum atomic E-state index is 12.7. The van der Waals surface area contributed by atoms with Crippen LogP contribution in [-0.4, -0.2) is 39.8 Å². The van der Waals surface area contributed by atoms with Gasteiger partial charge in [-0.05, 0) is 38.2 Å². The lowest BCUT2D eigenvalue weighted by molar-refractivity contribution is 0.0932. The average Bonchev–Trinajstić information content (AvgIpc) is 2.92. The smallest absolute Gasteiger partial charge is 0.251 e. The minimum atomic E-state index is -0.228. The summed E-state index contributed by atoms with van der Waals surface area (Å²) in [6, 6.07) is 5.29. The Bertz CT molecular complexity index is 867. The zero-order valence-electron chi connectivity index (χ0n) is 16.6. The molecule has 1 atom stereocenters. The first-order valence-electron chi connectivity index (χ1n) is 9.61. The quantitative estimate of drug-likeness (QED) is 0.842. The van der Waals surface area contributed by atoms with Gasteiger partial charge in [0, 0.05) is 49.6 Å². The van der Waals surface area contributed by atoms with Gasteiger partial charge < -0.3 is 15.2 Å². The van der Waals surface area contributed by atoms with Crippen molar-refractivity contribution in [2.75, 3.05) is 18.0 Å². The number of aromatic amines is 1. The number of rotatable bonds is 5. The molecule has 1 fully saturated rings. The minimum absolute atomic E-state index is 0.0503. The fourth-order valence-electron chi connectivity index (χ4n) is 3.75. The zero-order chi connectivity index (χ0) is 19.6. The van der Waals surface area contributed by atoms with Gasteiger partial charge in [0.1, 0.15) is 5.82 Å². The number of carbonyl (C=O) groups excluding carboxylic acids is 1. The van der Waals surface area contributed by atoms with E-state index < -0.39 is 0 Å². The summed E-state index contributed by atoms with van der Waals surface area (Å²) in [5.74, 6) is 1.30. The van der Waals surface area contributed by atoms with E-state index in [1.54, 1.807) is 6.07 Å². The van der Waals surface area contributed by atoms with Crippen molar-refractivity contribution < 1.29 is 4.79 Å². The summed E-state index contributed by atoms with van der Waals surface area (Å²) in [6.07, 6.45) is 2.68. The van der Waals surface area contributed by atoms with Crippen molar-refractivity contribution in [1.29, 1.82) is 0 Å².